The van der Waals surface area contributed by atoms with Crippen LogP contribution in [0.4, 0.5) is 0 Å². The van der Waals surface area contributed by atoms with E-state index in [4.69, 9.17) is 10.5 Å². The normalized spacial score (nSPS) is 18.6. The maximum Gasteiger partial charge on any atom is 0.240 e. The van der Waals surface area contributed by atoms with Gasteiger partial charge in [0.15, 0.2) is 0 Å². The van der Waals surface area contributed by atoms with Gasteiger partial charge in [-0.2, -0.15) is 0 Å². The van der Waals surface area contributed by atoms with Crippen LogP contribution in [0, 0.1) is 0 Å². The molecule has 1 aliphatic carbocycles. The highest BCUT2D eigenvalue weighted by Crippen LogP contribution is 2.28. The lowest BCUT2D eigenvalue weighted by Crippen LogP contribution is -2.52. The van der Waals surface area contributed by atoms with E-state index < -0.39 is 5.54 Å². The van der Waals surface area contributed by atoms with Crippen molar-refractivity contribution < 1.29 is 9.53 Å². The number of nitrogens with two attached hydrogens (primary N) is 1. The zero-order valence-corrected chi connectivity index (χ0v) is 12.3. The molecule has 4 heteroatoms. The van der Waals surface area contributed by atoms with Gasteiger partial charge in [-0.05, 0) is 44.4 Å². The summed E-state index contributed by atoms with van der Waals surface area (Å²) in [6, 6.07) is 7.75. The van der Waals surface area contributed by atoms with Crippen molar-refractivity contribution >= 4 is 5.91 Å². The van der Waals surface area contributed by atoms with Crippen LogP contribution in [0.2, 0.25) is 0 Å². The molecule has 0 radical (unpaired) electrons. The Bertz CT molecular complexity index is 467. The Morgan fingerprint density at radius 2 is 2.15 bits per heavy atom. The largest absolute Gasteiger partial charge is 0.494 e. The summed E-state index contributed by atoms with van der Waals surface area (Å²) in [5, 5.41) is 3.03. The molecule has 0 saturated heterocycles. The highest BCUT2D eigenvalue weighted by molar-refractivity contribution is 5.86. The van der Waals surface area contributed by atoms with E-state index in [1.807, 2.05) is 38.1 Å². The standard InChI is InChI=1S/C16H24N2O2/c1-3-20-14-8-6-7-13(11-14)12(2)18-15(19)16(17)9-4-5-10-16/h6-8,11-12H,3-5,9-10,17H2,1-2H3,(H,18,19). The number of carbonyl (C=O) groups is 1. The van der Waals surface area contributed by atoms with Crippen LogP contribution in [0.1, 0.15) is 51.1 Å². The Balaban J connectivity index is 2.02. The minimum Gasteiger partial charge on any atom is -0.494 e. The minimum absolute atomic E-state index is 0.0377. The molecule has 0 bridgehead atoms. The molecule has 1 aromatic rings. The molecule has 110 valence electrons. The third-order valence-electron chi connectivity index (χ3n) is 3.96. The molecule has 1 saturated carbocycles. The van der Waals surface area contributed by atoms with Crippen LogP contribution in [-0.2, 0) is 4.79 Å². The second kappa shape index (κ2) is 6.27. The molecule has 1 aliphatic rings. The van der Waals surface area contributed by atoms with Crippen molar-refractivity contribution in [3.05, 3.63) is 29.8 Å². The lowest BCUT2D eigenvalue weighted by molar-refractivity contribution is -0.126. The number of carbonyl (C=O) groups excluding carboxylic acids is 1. The number of hydrogen-bond acceptors (Lipinski definition) is 3. The second-order valence-corrected chi connectivity index (χ2v) is 5.56. The van der Waals surface area contributed by atoms with Crippen molar-refractivity contribution in [2.24, 2.45) is 5.73 Å². The maximum absolute atomic E-state index is 12.3. The fraction of sp³-hybridized carbons (Fsp3) is 0.562. The molecule has 2 rings (SSSR count). The molecule has 3 N–H and O–H groups in total. The average molecular weight is 276 g/mol. The molecular weight excluding hydrogens is 252 g/mol. The van der Waals surface area contributed by atoms with Crippen LogP contribution in [-0.4, -0.2) is 18.1 Å². The SMILES string of the molecule is CCOc1cccc(C(C)NC(=O)C2(N)CCCC2)c1. The fourth-order valence-corrected chi connectivity index (χ4v) is 2.70. The fourth-order valence-electron chi connectivity index (χ4n) is 2.70. The van der Waals surface area contributed by atoms with Crippen molar-refractivity contribution in [2.75, 3.05) is 6.61 Å². The molecule has 0 aromatic heterocycles. The number of hydrogen-bond donors (Lipinski definition) is 2. The van der Waals surface area contributed by atoms with E-state index in [1.165, 1.54) is 0 Å². The van der Waals surface area contributed by atoms with E-state index >= 15 is 0 Å². The minimum atomic E-state index is -0.675. The van der Waals surface area contributed by atoms with E-state index in [0.717, 1.165) is 37.0 Å². The van der Waals surface area contributed by atoms with Crippen LogP contribution in [0.5, 0.6) is 5.75 Å². The quantitative estimate of drug-likeness (QED) is 0.868. The first-order valence-electron chi connectivity index (χ1n) is 7.38. The maximum atomic E-state index is 12.3. The monoisotopic (exact) mass is 276 g/mol. The van der Waals surface area contributed by atoms with Gasteiger partial charge in [-0.25, -0.2) is 0 Å². The summed E-state index contributed by atoms with van der Waals surface area (Å²) >= 11 is 0. The van der Waals surface area contributed by atoms with Crippen LogP contribution in [0.15, 0.2) is 24.3 Å². The first-order chi connectivity index (χ1) is 9.55. The van der Waals surface area contributed by atoms with E-state index in [2.05, 4.69) is 5.32 Å². The summed E-state index contributed by atoms with van der Waals surface area (Å²) in [6.45, 7) is 4.56. The van der Waals surface area contributed by atoms with E-state index in [0.29, 0.717) is 6.61 Å². The zero-order chi connectivity index (χ0) is 14.6. The van der Waals surface area contributed by atoms with Crippen LogP contribution >= 0.6 is 0 Å². The van der Waals surface area contributed by atoms with Gasteiger partial charge in [0.1, 0.15) is 5.75 Å². The van der Waals surface area contributed by atoms with Crippen molar-refractivity contribution in [2.45, 2.75) is 51.1 Å². The lowest BCUT2D eigenvalue weighted by Gasteiger charge is -2.25. The van der Waals surface area contributed by atoms with E-state index in [-0.39, 0.29) is 11.9 Å². The number of benzene rings is 1. The van der Waals surface area contributed by atoms with Gasteiger partial charge in [-0.15, -0.1) is 0 Å². The third-order valence-corrected chi connectivity index (χ3v) is 3.96. The summed E-state index contributed by atoms with van der Waals surface area (Å²) in [7, 11) is 0. The molecule has 1 aromatic carbocycles. The predicted molar refractivity (Wildman–Crippen MR) is 79.6 cm³/mol. The lowest BCUT2D eigenvalue weighted by atomic mass is 9.97. The number of rotatable bonds is 5. The van der Waals surface area contributed by atoms with Gasteiger partial charge in [-0.1, -0.05) is 25.0 Å². The molecule has 0 spiro atoms. The van der Waals surface area contributed by atoms with Gasteiger partial charge in [0.05, 0.1) is 18.2 Å². The summed E-state index contributed by atoms with van der Waals surface area (Å²) in [5.74, 6) is 0.791. The topological polar surface area (TPSA) is 64.3 Å². The smallest absolute Gasteiger partial charge is 0.240 e. The first kappa shape index (κ1) is 14.9. The van der Waals surface area contributed by atoms with Crippen molar-refractivity contribution in [3.8, 4) is 5.75 Å². The molecular formula is C16H24N2O2. The van der Waals surface area contributed by atoms with Crippen molar-refractivity contribution in [3.63, 3.8) is 0 Å². The van der Waals surface area contributed by atoms with Gasteiger partial charge >= 0.3 is 0 Å². The highest BCUT2D eigenvalue weighted by Gasteiger charge is 2.37. The number of ether oxygens (including phenoxy) is 1. The van der Waals surface area contributed by atoms with Gasteiger partial charge < -0.3 is 15.8 Å². The Kier molecular flexibility index (Phi) is 4.65. The van der Waals surface area contributed by atoms with Gasteiger partial charge in [0.2, 0.25) is 5.91 Å². The third kappa shape index (κ3) is 3.31. The van der Waals surface area contributed by atoms with Crippen molar-refractivity contribution in [1.29, 1.82) is 0 Å². The first-order valence-corrected chi connectivity index (χ1v) is 7.38. The Labute approximate surface area is 120 Å². The van der Waals surface area contributed by atoms with Crippen LogP contribution in [0.3, 0.4) is 0 Å². The summed E-state index contributed by atoms with van der Waals surface area (Å²) < 4.78 is 5.48. The van der Waals surface area contributed by atoms with Gasteiger partial charge in [0.25, 0.3) is 0 Å². The number of nitrogens with one attached hydrogen (secondary N) is 1. The second-order valence-electron chi connectivity index (χ2n) is 5.56. The Morgan fingerprint density at radius 3 is 2.80 bits per heavy atom. The summed E-state index contributed by atoms with van der Waals surface area (Å²) in [5.41, 5.74) is 6.53. The molecule has 4 nitrogen and oxygen atoms in total. The molecule has 1 fully saturated rings. The van der Waals surface area contributed by atoms with Crippen molar-refractivity contribution in [1.82, 2.24) is 5.32 Å². The van der Waals surface area contributed by atoms with Crippen LogP contribution in [0.25, 0.3) is 0 Å². The average Bonchev–Trinajstić information content (AvgIpc) is 2.88. The molecule has 0 aliphatic heterocycles. The predicted octanol–water partition coefficient (Wildman–Crippen LogP) is 2.53. The Hall–Kier alpha value is -1.55. The number of amides is 1. The van der Waals surface area contributed by atoms with Gasteiger partial charge in [-0.3, -0.25) is 4.79 Å². The summed E-state index contributed by atoms with van der Waals surface area (Å²) in [6.07, 6.45) is 3.64. The molecule has 20 heavy (non-hydrogen) atoms. The molecule has 1 unspecified atom stereocenters. The van der Waals surface area contributed by atoms with Gasteiger partial charge in [0, 0.05) is 0 Å². The molecule has 1 amide bonds. The van der Waals surface area contributed by atoms with E-state index in [9.17, 15) is 4.79 Å². The summed E-state index contributed by atoms with van der Waals surface area (Å²) in [4.78, 5) is 12.3. The van der Waals surface area contributed by atoms with Crippen LogP contribution < -0.4 is 15.8 Å². The zero-order valence-electron chi connectivity index (χ0n) is 12.3. The highest BCUT2D eigenvalue weighted by atomic mass is 16.5. The Morgan fingerprint density at radius 1 is 1.45 bits per heavy atom. The molecule has 1 atom stereocenters. The molecule has 0 heterocycles. The van der Waals surface area contributed by atoms with E-state index in [1.54, 1.807) is 0 Å².